The number of nitrogens with one attached hydrogen (secondary N) is 2. The molecule has 0 aromatic heterocycles. The first-order chi connectivity index (χ1) is 17.0. The van der Waals surface area contributed by atoms with Crippen LogP contribution in [0, 0.1) is 10.1 Å². The van der Waals surface area contributed by atoms with Crippen LogP contribution in [-0.4, -0.2) is 23.3 Å². The standard InChI is InChI=1S/C27H27N3O5/c1-2-3-16-35-24-14-12-22(13-15-24)26(31)29-25(18-21-10-7-11-23(17-21)30(33)34)27(32)28-19-20-8-5-4-6-9-20/h4-15,17-18H,2-3,16,19H2,1H3,(H,28,32)(H,29,31)/b25-18+. The van der Waals surface area contributed by atoms with E-state index in [-0.39, 0.29) is 17.9 Å². The summed E-state index contributed by atoms with van der Waals surface area (Å²) in [5.74, 6) is -0.354. The van der Waals surface area contributed by atoms with Crippen molar-refractivity contribution in [2.45, 2.75) is 26.3 Å². The fraction of sp³-hybridized carbons (Fsp3) is 0.185. The third-order valence-corrected chi connectivity index (χ3v) is 5.06. The number of nitro groups is 1. The maximum absolute atomic E-state index is 13.0. The first-order valence-corrected chi connectivity index (χ1v) is 11.3. The van der Waals surface area contributed by atoms with Crippen molar-refractivity contribution in [1.29, 1.82) is 0 Å². The van der Waals surface area contributed by atoms with Crippen LogP contribution in [0.3, 0.4) is 0 Å². The Bertz CT molecular complexity index is 1190. The lowest BCUT2D eigenvalue weighted by Crippen LogP contribution is -2.34. The van der Waals surface area contributed by atoms with Gasteiger partial charge in [0.25, 0.3) is 17.5 Å². The molecule has 0 radical (unpaired) electrons. The Kier molecular flexibility index (Phi) is 9.13. The molecule has 0 saturated carbocycles. The SMILES string of the molecule is CCCCOc1ccc(C(=O)N/C(=C/c2cccc([N+](=O)[O-])c2)C(=O)NCc2ccccc2)cc1. The molecule has 3 rings (SSSR count). The Morgan fingerprint density at radius 2 is 1.74 bits per heavy atom. The number of amides is 2. The van der Waals surface area contributed by atoms with Gasteiger partial charge >= 0.3 is 0 Å². The number of ether oxygens (including phenoxy) is 1. The first-order valence-electron chi connectivity index (χ1n) is 11.3. The van der Waals surface area contributed by atoms with E-state index in [0.29, 0.717) is 23.5 Å². The van der Waals surface area contributed by atoms with Gasteiger partial charge in [-0.15, -0.1) is 0 Å². The monoisotopic (exact) mass is 473 g/mol. The minimum Gasteiger partial charge on any atom is -0.494 e. The van der Waals surface area contributed by atoms with Gasteiger partial charge < -0.3 is 15.4 Å². The van der Waals surface area contributed by atoms with Gasteiger partial charge in [0.1, 0.15) is 11.4 Å². The van der Waals surface area contributed by atoms with E-state index >= 15 is 0 Å². The molecule has 35 heavy (non-hydrogen) atoms. The van der Waals surface area contributed by atoms with Gasteiger partial charge in [0, 0.05) is 24.2 Å². The molecule has 180 valence electrons. The van der Waals surface area contributed by atoms with Crippen LogP contribution in [0.2, 0.25) is 0 Å². The van der Waals surface area contributed by atoms with Crippen LogP contribution in [0.1, 0.15) is 41.3 Å². The summed E-state index contributed by atoms with van der Waals surface area (Å²) in [5.41, 5.74) is 1.49. The second kappa shape index (κ2) is 12.7. The van der Waals surface area contributed by atoms with Crippen molar-refractivity contribution >= 4 is 23.6 Å². The molecule has 8 heteroatoms. The van der Waals surface area contributed by atoms with Gasteiger partial charge in [0.15, 0.2) is 0 Å². The fourth-order valence-corrected chi connectivity index (χ4v) is 3.16. The number of hydrogen-bond acceptors (Lipinski definition) is 5. The van der Waals surface area contributed by atoms with Crippen molar-refractivity contribution in [2.24, 2.45) is 0 Å². The van der Waals surface area contributed by atoms with Crippen LogP contribution in [0.25, 0.3) is 6.08 Å². The third kappa shape index (κ3) is 7.82. The van der Waals surface area contributed by atoms with Gasteiger partial charge in [-0.2, -0.15) is 0 Å². The predicted octanol–water partition coefficient (Wildman–Crippen LogP) is 4.86. The average Bonchev–Trinajstić information content (AvgIpc) is 2.88. The van der Waals surface area contributed by atoms with E-state index in [1.807, 2.05) is 30.3 Å². The van der Waals surface area contributed by atoms with Gasteiger partial charge in [-0.1, -0.05) is 55.8 Å². The van der Waals surface area contributed by atoms with Crippen molar-refractivity contribution in [3.05, 3.63) is 111 Å². The first kappa shape index (κ1) is 25.2. The number of nitrogens with zero attached hydrogens (tertiary/aromatic N) is 1. The van der Waals surface area contributed by atoms with E-state index in [2.05, 4.69) is 17.6 Å². The summed E-state index contributed by atoms with van der Waals surface area (Å²) in [6, 6.07) is 21.8. The van der Waals surface area contributed by atoms with Gasteiger partial charge in [0.05, 0.1) is 11.5 Å². The molecule has 8 nitrogen and oxygen atoms in total. The molecule has 0 bridgehead atoms. The number of nitro benzene ring substituents is 1. The van der Waals surface area contributed by atoms with Crippen LogP contribution < -0.4 is 15.4 Å². The van der Waals surface area contributed by atoms with E-state index in [4.69, 9.17) is 4.74 Å². The number of non-ortho nitro benzene ring substituents is 1. The maximum Gasteiger partial charge on any atom is 0.270 e. The molecule has 0 fully saturated rings. The lowest BCUT2D eigenvalue weighted by Gasteiger charge is -2.12. The molecule has 2 N–H and O–H groups in total. The molecule has 0 aliphatic rings. The summed E-state index contributed by atoms with van der Waals surface area (Å²) in [5, 5.41) is 16.5. The smallest absolute Gasteiger partial charge is 0.270 e. The summed E-state index contributed by atoms with van der Waals surface area (Å²) in [6.07, 6.45) is 3.37. The number of carbonyl (C=O) groups excluding carboxylic acids is 2. The maximum atomic E-state index is 13.0. The van der Waals surface area contributed by atoms with Crippen molar-refractivity contribution in [3.63, 3.8) is 0 Å². The summed E-state index contributed by atoms with van der Waals surface area (Å²) >= 11 is 0. The average molecular weight is 474 g/mol. The lowest BCUT2D eigenvalue weighted by molar-refractivity contribution is -0.384. The molecule has 0 aliphatic heterocycles. The number of carbonyl (C=O) groups is 2. The quantitative estimate of drug-likeness (QED) is 0.179. The Hall–Kier alpha value is -4.46. The van der Waals surface area contributed by atoms with Crippen molar-refractivity contribution in [1.82, 2.24) is 10.6 Å². The topological polar surface area (TPSA) is 111 Å². The molecule has 0 unspecified atom stereocenters. The minimum atomic E-state index is -0.520. The molecule has 0 aliphatic carbocycles. The Labute approximate surface area is 203 Å². The Balaban J connectivity index is 1.79. The van der Waals surface area contributed by atoms with E-state index < -0.39 is 16.7 Å². The number of hydrogen-bond donors (Lipinski definition) is 2. The molecule has 0 spiro atoms. The molecular formula is C27H27N3O5. The van der Waals surface area contributed by atoms with Crippen LogP contribution in [0.4, 0.5) is 5.69 Å². The Morgan fingerprint density at radius 1 is 1.00 bits per heavy atom. The molecule has 0 saturated heterocycles. The highest BCUT2D eigenvalue weighted by Gasteiger charge is 2.16. The summed E-state index contributed by atoms with van der Waals surface area (Å²) in [7, 11) is 0. The van der Waals surface area contributed by atoms with Crippen LogP contribution in [-0.2, 0) is 11.3 Å². The van der Waals surface area contributed by atoms with E-state index in [1.165, 1.54) is 24.3 Å². The van der Waals surface area contributed by atoms with Gasteiger partial charge in [0.2, 0.25) is 0 Å². The third-order valence-electron chi connectivity index (χ3n) is 5.06. The molecule has 0 atom stereocenters. The van der Waals surface area contributed by atoms with Crippen LogP contribution in [0.5, 0.6) is 5.75 Å². The fourth-order valence-electron chi connectivity index (χ4n) is 3.16. The van der Waals surface area contributed by atoms with Gasteiger partial charge in [-0.25, -0.2) is 0 Å². The molecular weight excluding hydrogens is 446 g/mol. The summed E-state index contributed by atoms with van der Waals surface area (Å²) < 4.78 is 5.62. The zero-order valence-corrected chi connectivity index (χ0v) is 19.4. The van der Waals surface area contributed by atoms with Crippen LogP contribution in [0.15, 0.2) is 84.6 Å². The Morgan fingerprint density at radius 3 is 2.43 bits per heavy atom. The van der Waals surface area contributed by atoms with E-state index in [9.17, 15) is 19.7 Å². The highest BCUT2D eigenvalue weighted by molar-refractivity contribution is 6.05. The zero-order valence-electron chi connectivity index (χ0n) is 19.4. The number of rotatable bonds is 11. The van der Waals surface area contributed by atoms with Gasteiger partial charge in [-0.05, 0) is 47.9 Å². The van der Waals surface area contributed by atoms with E-state index in [0.717, 1.165) is 18.4 Å². The van der Waals surface area contributed by atoms with Crippen molar-refractivity contribution < 1.29 is 19.2 Å². The van der Waals surface area contributed by atoms with E-state index in [1.54, 1.807) is 30.3 Å². The summed E-state index contributed by atoms with van der Waals surface area (Å²) in [4.78, 5) is 36.5. The van der Waals surface area contributed by atoms with Crippen LogP contribution >= 0.6 is 0 Å². The second-order valence-corrected chi connectivity index (χ2v) is 7.76. The molecule has 2 amide bonds. The van der Waals surface area contributed by atoms with Gasteiger partial charge in [-0.3, -0.25) is 19.7 Å². The zero-order chi connectivity index (χ0) is 25.0. The van der Waals surface area contributed by atoms with Crippen molar-refractivity contribution in [3.8, 4) is 5.75 Å². The highest BCUT2D eigenvalue weighted by atomic mass is 16.6. The number of benzene rings is 3. The minimum absolute atomic E-state index is 0.0327. The molecule has 3 aromatic carbocycles. The predicted molar refractivity (Wildman–Crippen MR) is 134 cm³/mol. The summed E-state index contributed by atoms with van der Waals surface area (Å²) in [6.45, 7) is 2.93. The lowest BCUT2D eigenvalue weighted by atomic mass is 10.1. The molecule has 0 heterocycles. The number of unbranched alkanes of at least 4 members (excludes halogenated alkanes) is 1. The second-order valence-electron chi connectivity index (χ2n) is 7.76. The normalized spacial score (nSPS) is 10.9. The van der Waals surface area contributed by atoms with Crippen molar-refractivity contribution in [2.75, 3.05) is 6.61 Å². The highest BCUT2D eigenvalue weighted by Crippen LogP contribution is 2.17. The molecule has 3 aromatic rings. The largest absolute Gasteiger partial charge is 0.494 e.